The Labute approximate surface area is 112 Å². The molecule has 0 aliphatic heterocycles. The van der Waals surface area contributed by atoms with Crippen LogP contribution < -0.4 is 0 Å². The predicted octanol–water partition coefficient (Wildman–Crippen LogP) is 4.48. The van der Waals surface area contributed by atoms with Crippen molar-refractivity contribution in [3.63, 3.8) is 0 Å². The predicted molar refractivity (Wildman–Crippen MR) is 66.6 cm³/mol. The van der Waals surface area contributed by atoms with Crippen LogP contribution in [0, 0.1) is 11.8 Å². The van der Waals surface area contributed by atoms with Gasteiger partial charge in [0.1, 0.15) is 11.5 Å². The van der Waals surface area contributed by atoms with Gasteiger partial charge in [0.15, 0.2) is 0 Å². The van der Waals surface area contributed by atoms with E-state index in [1.165, 1.54) is 0 Å². The number of hydrogen-bond acceptors (Lipinski definition) is 2. The molecule has 0 heterocycles. The Balaban J connectivity index is 2.81. The third kappa shape index (κ3) is 4.11. The summed E-state index contributed by atoms with van der Waals surface area (Å²) in [5, 5.41) is 0. The van der Waals surface area contributed by atoms with E-state index in [0.29, 0.717) is 12.8 Å². The molecule has 1 saturated carbocycles. The second-order valence-electron chi connectivity index (χ2n) is 5.82. The lowest BCUT2D eigenvalue weighted by atomic mass is 9.83. The molecule has 112 valence electrons. The molecule has 19 heavy (non-hydrogen) atoms. The molecule has 0 radical (unpaired) electrons. The van der Waals surface area contributed by atoms with Gasteiger partial charge in [-0.1, -0.05) is 26.7 Å². The highest BCUT2D eigenvalue weighted by molar-refractivity contribution is 5.73. The summed E-state index contributed by atoms with van der Waals surface area (Å²) in [7, 11) is 0. The number of esters is 1. The number of carbonyl (C=O) groups excluding carboxylic acids is 1. The van der Waals surface area contributed by atoms with Gasteiger partial charge in [0.2, 0.25) is 0 Å². The minimum absolute atomic E-state index is 0.0370. The second kappa shape index (κ2) is 6.14. The number of hydrogen-bond donors (Lipinski definition) is 0. The van der Waals surface area contributed by atoms with Crippen molar-refractivity contribution >= 4 is 5.97 Å². The largest absolute Gasteiger partial charge is 0.458 e. The van der Waals surface area contributed by atoms with E-state index in [1.54, 1.807) is 0 Å². The topological polar surface area (TPSA) is 26.3 Å². The molecular weight excluding hydrogens is 257 g/mol. The molecule has 0 spiro atoms. The van der Waals surface area contributed by atoms with Crippen LogP contribution in [-0.4, -0.2) is 17.7 Å². The maximum Gasteiger partial charge on any atom is 0.401 e. The zero-order valence-corrected chi connectivity index (χ0v) is 11.8. The number of ether oxygens (including phenoxy) is 1. The average Bonchev–Trinajstić information content (AvgIpc) is 2.53. The Bertz CT molecular complexity index is 302. The monoisotopic (exact) mass is 280 g/mol. The van der Waals surface area contributed by atoms with Crippen molar-refractivity contribution in [2.24, 2.45) is 11.8 Å². The second-order valence-corrected chi connectivity index (χ2v) is 5.82. The summed E-state index contributed by atoms with van der Waals surface area (Å²) in [6, 6.07) is 0. The van der Waals surface area contributed by atoms with Gasteiger partial charge in [-0.15, -0.1) is 0 Å². The molecular formula is C14H23F3O2. The van der Waals surface area contributed by atoms with Crippen molar-refractivity contribution in [2.45, 2.75) is 71.1 Å². The molecule has 0 bridgehead atoms. The molecule has 0 saturated heterocycles. The molecule has 2 nitrogen and oxygen atoms in total. The van der Waals surface area contributed by atoms with Gasteiger partial charge in [-0.25, -0.2) is 0 Å². The molecule has 1 aliphatic carbocycles. The lowest BCUT2D eigenvalue weighted by molar-refractivity contribution is -0.208. The number of halogens is 3. The number of rotatable bonds is 3. The molecule has 1 rings (SSSR count). The van der Waals surface area contributed by atoms with E-state index in [0.717, 1.165) is 32.6 Å². The van der Waals surface area contributed by atoms with Crippen molar-refractivity contribution in [1.29, 1.82) is 0 Å². The van der Waals surface area contributed by atoms with Crippen molar-refractivity contribution < 1.29 is 22.7 Å². The highest BCUT2D eigenvalue weighted by Gasteiger charge is 2.46. The molecule has 0 amide bonds. The van der Waals surface area contributed by atoms with Crippen LogP contribution in [0.5, 0.6) is 0 Å². The van der Waals surface area contributed by atoms with Gasteiger partial charge in [-0.3, -0.25) is 4.79 Å². The summed E-state index contributed by atoms with van der Waals surface area (Å²) in [6.45, 7) is 4.70. The molecule has 1 fully saturated rings. The molecule has 0 N–H and O–H groups in total. The van der Waals surface area contributed by atoms with Crippen molar-refractivity contribution in [1.82, 2.24) is 0 Å². The highest BCUT2D eigenvalue weighted by atomic mass is 19.4. The summed E-state index contributed by atoms with van der Waals surface area (Å²) in [5.41, 5.74) is -0.715. The first-order valence-corrected chi connectivity index (χ1v) is 6.98. The van der Waals surface area contributed by atoms with Crippen LogP contribution in [0.2, 0.25) is 0 Å². The number of alkyl halides is 3. The zero-order valence-electron chi connectivity index (χ0n) is 11.8. The molecule has 0 aromatic heterocycles. The van der Waals surface area contributed by atoms with E-state index in [9.17, 15) is 18.0 Å². The van der Waals surface area contributed by atoms with E-state index in [-0.39, 0.29) is 5.92 Å². The van der Waals surface area contributed by atoms with Crippen LogP contribution in [-0.2, 0) is 9.53 Å². The van der Waals surface area contributed by atoms with Crippen LogP contribution in [0.1, 0.15) is 59.3 Å². The fourth-order valence-electron chi connectivity index (χ4n) is 2.55. The minimum atomic E-state index is -4.53. The Morgan fingerprint density at radius 3 is 1.89 bits per heavy atom. The summed E-state index contributed by atoms with van der Waals surface area (Å²) < 4.78 is 43.0. The van der Waals surface area contributed by atoms with E-state index in [1.807, 2.05) is 13.8 Å². The van der Waals surface area contributed by atoms with Crippen molar-refractivity contribution in [3.05, 3.63) is 0 Å². The van der Waals surface area contributed by atoms with Gasteiger partial charge in [-0.2, -0.15) is 13.2 Å². The maximum atomic E-state index is 12.6. The molecule has 1 aliphatic rings. The Morgan fingerprint density at radius 1 is 1.05 bits per heavy atom. The normalized spacial score (nSPS) is 21.8. The van der Waals surface area contributed by atoms with Crippen LogP contribution >= 0.6 is 0 Å². The Kier molecular flexibility index (Phi) is 5.27. The third-order valence-electron chi connectivity index (χ3n) is 4.15. The van der Waals surface area contributed by atoms with Gasteiger partial charge in [0.25, 0.3) is 0 Å². The standard InChI is InChI=1S/C14H23F3O2/c1-10(2)13(8-6-4-5-7-9-13)19-12(18)11(3)14(15,16)17/h10-11H,4-9H2,1-3H3. The first-order valence-electron chi connectivity index (χ1n) is 6.98. The van der Waals surface area contributed by atoms with Crippen molar-refractivity contribution in [3.8, 4) is 0 Å². The van der Waals surface area contributed by atoms with E-state index >= 15 is 0 Å². The minimum Gasteiger partial charge on any atom is -0.458 e. The molecule has 1 atom stereocenters. The van der Waals surface area contributed by atoms with Gasteiger partial charge < -0.3 is 4.74 Å². The lowest BCUT2D eigenvalue weighted by Crippen LogP contribution is -2.43. The maximum absolute atomic E-state index is 12.6. The first kappa shape index (κ1) is 16.3. The van der Waals surface area contributed by atoms with Crippen LogP contribution in [0.4, 0.5) is 13.2 Å². The van der Waals surface area contributed by atoms with E-state index in [4.69, 9.17) is 4.74 Å². The summed E-state index contributed by atoms with van der Waals surface area (Å²) in [6.07, 6.45) is 0.737. The SMILES string of the molecule is CC(C(=O)OC1(C(C)C)CCCCCC1)C(F)(F)F. The summed E-state index contributed by atoms with van der Waals surface area (Å²) in [5.74, 6) is -3.15. The molecule has 1 unspecified atom stereocenters. The fraction of sp³-hybridized carbons (Fsp3) is 0.929. The summed E-state index contributed by atoms with van der Waals surface area (Å²) >= 11 is 0. The van der Waals surface area contributed by atoms with Crippen LogP contribution in [0.3, 0.4) is 0 Å². The molecule has 0 aromatic carbocycles. The number of carbonyl (C=O) groups is 1. The summed E-state index contributed by atoms with van der Waals surface area (Å²) in [4.78, 5) is 11.7. The van der Waals surface area contributed by atoms with E-state index < -0.39 is 23.7 Å². The fourth-order valence-corrected chi connectivity index (χ4v) is 2.55. The smallest absolute Gasteiger partial charge is 0.401 e. The van der Waals surface area contributed by atoms with Gasteiger partial charge in [0.05, 0.1) is 0 Å². The average molecular weight is 280 g/mol. The van der Waals surface area contributed by atoms with Gasteiger partial charge in [0, 0.05) is 0 Å². The first-order chi connectivity index (χ1) is 8.69. The van der Waals surface area contributed by atoms with Crippen LogP contribution in [0.25, 0.3) is 0 Å². The quantitative estimate of drug-likeness (QED) is 0.563. The highest BCUT2D eigenvalue weighted by Crippen LogP contribution is 2.38. The Hall–Kier alpha value is -0.740. The zero-order chi connectivity index (χ0) is 14.7. The Morgan fingerprint density at radius 2 is 1.53 bits per heavy atom. The molecule has 0 aromatic rings. The third-order valence-corrected chi connectivity index (χ3v) is 4.15. The van der Waals surface area contributed by atoms with E-state index in [2.05, 4.69) is 0 Å². The van der Waals surface area contributed by atoms with Crippen molar-refractivity contribution in [2.75, 3.05) is 0 Å². The van der Waals surface area contributed by atoms with Gasteiger partial charge in [-0.05, 0) is 38.5 Å². The van der Waals surface area contributed by atoms with Gasteiger partial charge >= 0.3 is 12.1 Å². The lowest BCUT2D eigenvalue weighted by Gasteiger charge is -2.37. The molecule has 5 heteroatoms. The van der Waals surface area contributed by atoms with Crippen LogP contribution in [0.15, 0.2) is 0 Å².